The van der Waals surface area contributed by atoms with Crippen LogP contribution in [0.15, 0.2) is 28.7 Å². The summed E-state index contributed by atoms with van der Waals surface area (Å²) in [5.74, 6) is -0.365. The molecule has 1 aliphatic rings. The van der Waals surface area contributed by atoms with E-state index in [4.69, 9.17) is 9.52 Å². The standard InChI is InChI=1S/C18H22N2O4/c1-11-14-5-3-4-6-15(14)24-16(11)12(2)19-18(23)20-9-7-13(8-10-20)17(21)22/h3-6,12-13H,7-10H2,1-2H3,(H,19,23)(H,21,22)/t12-/m0/s1. The monoisotopic (exact) mass is 330 g/mol. The summed E-state index contributed by atoms with van der Waals surface area (Å²) in [4.78, 5) is 25.1. The van der Waals surface area contributed by atoms with Crippen LogP contribution in [0.1, 0.15) is 37.1 Å². The fraction of sp³-hybridized carbons (Fsp3) is 0.444. The number of nitrogens with zero attached hydrogens (tertiary/aromatic N) is 1. The quantitative estimate of drug-likeness (QED) is 0.904. The van der Waals surface area contributed by atoms with Gasteiger partial charge in [0.2, 0.25) is 0 Å². The lowest BCUT2D eigenvalue weighted by Crippen LogP contribution is -2.46. The van der Waals surface area contributed by atoms with Gasteiger partial charge < -0.3 is 19.7 Å². The molecule has 2 N–H and O–H groups in total. The molecule has 0 aliphatic carbocycles. The highest BCUT2D eigenvalue weighted by atomic mass is 16.4. The highest BCUT2D eigenvalue weighted by molar-refractivity contribution is 5.82. The van der Waals surface area contributed by atoms with Crippen LogP contribution < -0.4 is 5.32 Å². The van der Waals surface area contributed by atoms with Gasteiger partial charge >= 0.3 is 12.0 Å². The Labute approximate surface area is 140 Å². The zero-order valence-electron chi connectivity index (χ0n) is 13.9. The first kappa shape index (κ1) is 16.4. The van der Waals surface area contributed by atoms with E-state index in [2.05, 4.69) is 5.32 Å². The first-order valence-electron chi connectivity index (χ1n) is 8.23. The molecule has 2 amide bonds. The molecule has 1 aromatic heterocycles. The largest absolute Gasteiger partial charge is 0.481 e. The Kier molecular flexibility index (Phi) is 4.46. The minimum absolute atomic E-state index is 0.175. The van der Waals surface area contributed by atoms with Crippen LogP contribution in [-0.2, 0) is 4.79 Å². The van der Waals surface area contributed by atoms with Crippen LogP contribution >= 0.6 is 0 Å². The molecule has 0 saturated carbocycles. The highest BCUT2D eigenvalue weighted by Gasteiger charge is 2.28. The van der Waals surface area contributed by atoms with E-state index in [0.29, 0.717) is 25.9 Å². The average molecular weight is 330 g/mol. The molecule has 128 valence electrons. The molecule has 2 heterocycles. The highest BCUT2D eigenvalue weighted by Crippen LogP contribution is 2.29. The SMILES string of the molecule is Cc1c([C@H](C)NC(=O)N2CCC(C(=O)O)CC2)oc2ccccc12. The predicted molar refractivity (Wildman–Crippen MR) is 89.8 cm³/mol. The first-order chi connectivity index (χ1) is 11.5. The molecular formula is C18H22N2O4. The van der Waals surface area contributed by atoms with E-state index in [1.807, 2.05) is 38.1 Å². The number of aryl methyl sites for hydroxylation is 1. The van der Waals surface area contributed by atoms with E-state index in [9.17, 15) is 9.59 Å². The van der Waals surface area contributed by atoms with Crippen molar-refractivity contribution in [2.45, 2.75) is 32.7 Å². The topological polar surface area (TPSA) is 82.8 Å². The zero-order valence-corrected chi connectivity index (χ0v) is 13.9. The molecule has 0 unspecified atom stereocenters. The fourth-order valence-corrected chi connectivity index (χ4v) is 3.28. The normalized spacial score (nSPS) is 17.0. The van der Waals surface area contributed by atoms with E-state index < -0.39 is 5.97 Å². The smallest absolute Gasteiger partial charge is 0.317 e. The summed E-state index contributed by atoms with van der Waals surface area (Å²) in [5.41, 5.74) is 1.84. The Morgan fingerprint density at radius 1 is 1.29 bits per heavy atom. The molecule has 1 saturated heterocycles. The van der Waals surface area contributed by atoms with Crippen LogP contribution in [0.25, 0.3) is 11.0 Å². The second kappa shape index (κ2) is 6.55. The number of carbonyl (C=O) groups is 2. The van der Waals surface area contributed by atoms with Crippen molar-refractivity contribution in [1.29, 1.82) is 0 Å². The van der Waals surface area contributed by atoms with Crippen molar-refractivity contribution < 1.29 is 19.1 Å². The minimum Gasteiger partial charge on any atom is -0.481 e. The van der Waals surface area contributed by atoms with Crippen LogP contribution in [0, 0.1) is 12.8 Å². The van der Waals surface area contributed by atoms with E-state index in [-0.39, 0.29) is 18.0 Å². The number of nitrogens with one attached hydrogen (secondary N) is 1. The van der Waals surface area contributed by atoms with Gasteiger partial charge in [-0.15, -0.1) is 0 Å². The third kappa shape index (κ3) is 3.09. The number of hydrogen-bond donors (Lipinski definition) is 2. The van der Waals surface area contributed by atoms with Crippen molar-refractivity contribution in [1.82, 2.24) is 10.2 Å². The number of piperidine rings is 1. The third-order valence-electron chi connectivity index (χ3n) is 4.75. The van der Waals surface area contributed by atoms with Crippen molar-refractivity contribution in [2.75, 3.05) is 13.1 Å². The molecule has 0 radical (unpaired) electrons. The van der Waals surface area contributed by atoms with Crippen molar-refractivity contribution >= 4 is 23.0 Å². The summed E-state index contributed by atoms with van der Waals surface area (Å²) in [6.07, 6.45) is 1.00. The number of urea groups is 1. The van der Waals surface area contributed by atoms with Crippen LogP contribution in [0.2, 0.25) is 0 Å². The van der Waals surface area contributed by atoms with Gasteiger partial charge in [-0.2, -0.15) is 0 Å². The van der Waals surface area contributed by atoms with Gasteiger partial charge in [-0.05, 0) is 32.8 Å². The van der Waals surface area contributed by atoms with E-state index in [1.54, 1.807) is 4.90 Å². The van der Waals surface area contributed by atoms with Gasteiger partial charge in [-0.25, -0.2) is 4.79 Å². The van der Waals surface area contributed by atoms with Crippen LogP contribution in [0.4, 0.5) is 4.79 Å². The Bertz CT molecular complexity index is 759. The molecule has 3 rings (SSSR count). The van der Waals surface area contributed by atoms with Gasteiger partial charge in [-0.1, -0.05) is 18.2 Å². The van der Waals surface area contributed by atoms with Crippen molar-refractivity contribution in [3.63, 3.8) is 0 Å². The number of furan rings is 1. The lowest BCUT2D eigenvalue weighted by Gasteiger charge is -2.31. The maximum Gasteiger partial charge on any atom is 0.317 e. The molecule has 6 heteroatoms. The van der Waals surface area contributed by atoms with Gasteiger partial charge in [0, 0.05) is 24.0 Å². The van der Waals surface area contributed by atoms with Gasteiger partial charge in [0.1, 0.15) is 11.3 Å². The predicted octanol–water partition coefficient (Wildman–Crippen LogP) is 3.31. The van der Waals surface area contributed by atoms with E-state index in [0.717, 1.165) is 22.3 Å². The Balaban J connectivity index is 1.66. The van der Waals surface area contributed by atoms with Crippen molar-refractivity contribution in [3.05, 3.63) is 35.6 Å². The van der Waals surface area contributed by atoms with Gasteiger partial charge in [0.25, 0.3) is 0 Å². The number of carboxylic acids is 1. The minimum atomic E-state index is -0.777. The summed E-state index contributed by atoms with van der Waals surface area (Å²) in [7, 11) is 0. The van der Waals surface area contributed by atoms with Gasteiger partial charge in [-0.3, -0.25) is 4.79 Å². The molecule has 0 bridgehead atoms. The fourth-order valence-electron chi connectivity index (χ4n) is 3.28. The van der Waals surface area contributed by atoms with Gasteiger partial charge in [0.15, 0.2) is 0 Å². The van der Waals surface area contributed by atoms with Crippen LogP contribution in [0.5, 0.6) is 0 Å². The lowest BCUT2D eigenvalue weighted by molar-refractivity contribution is -0.143. The summed E-state index contributed by atoms with van der Waals surface area (Å²) < 4.78 is 5.89. The van der Waals surface area contributed by atoms with E-state index >= 15 is 0 Å². The first-order valence-corrected chi connectivity index (χ1v) is 8.23. The second-order valence-electron chi connectivity index (χ2n) is 6.36. The number of amides is 2. The lowest BCUT2D eigenvalue weighted by atomic mass is 9.97. The molecule has 6 nitrogen and oxygen atoms in total. The number of likely N-dealkylation sites (tertiary alicyclic amines) is 1. The number of aliphatic carboxylic acids is 1. The average Bonchev–Trinajstić information content (AvgIpc) is 2.92. The molecule has 1 atom stereocenters. The summed E-state index contributed by atoms with van der Waals surface area (Å²) in [6, 6.07) is 7.38. The maximum atomic E-state index is 12.4. The number of fused-ring (bicyclic) bond motifs is 1. The second-order valence-corrected chi connectivity index (χ2v) is 6.36. The number of rotatable bonds is 3. The number of carboxylic acid groups (broad SMARTS) is 1. The summed E-state index contributed by atoms with van der Waals surface area (Å²) in [6.45, 7) is 4.82. The summed E-state index contributed by atoms with van der Waals surface area (Å²) in [5, 5.41) is 13.0. The molecule has 0 spiro atoms. The number of benzene rings is 1. The number of carbonyl (C=O) groups excluding carboxylic acids is 1. The van der Waals surface area contributed by atoms with Crippen LogP contribution in [-0.4, -0.2) is 35.1 Å². The Morgan fingerprint density at radius 2 is 1.96 bits per heavy atom. The molecule has 24 heavy (non-hydrogen) atoms. The number of para-hydroxylation sites is 1. The van der Waals surface area contributed by atoms with Crippen LogP contribution in [0.3, 0.4) is 0 Å². The maximum absolute atomic E-state index is 12.4. The van der Waals surface area contributed by atoms with Crippen molar-refractivity contribution in [3.8, 4) is 0 Å². The Hall–Kier alpha value is -2.50. The summed E-state index contributed by atoms with van der Waals surface area (Å²) >= 11 is 0. The zero-order chi connectivity index (χ0) is 17.3. The van der Waals surface area contributed by atoms with Gasteiger partial charge in [0.05, 0.1) is 12.0 Å². The number of hydrogen-bond acceptors (Lipinski definition) is 3. The van der Waals surface area contributed by atoms with E-state index in [1.165, 1.54) is 0 Å². The van der Waals surface area contributed by atoms with Crippen molar-refractivity contribution in [2.24, 2.45) is 5.92 Å². The molecule has 1 fully saturated rings. The molecule has 1 aliphatic heterocycles. The molecule has 1 aromatic carbocycles. The third-order valence-corrected chi connectivity index (χ3v) is 4.75. The Morgan fingerprint density at radius 3 is 2.58 bits per heavy atom. The molecular weight excluding hydrogens is 308 g/mol. The molecule has 2 aromatic rings.